The molecule has 0 saturated heterocycles. The first-order chi connectivity index (χ1) is 17.3. The predicted octanol–water partition coefficient (Wildman–Crippen LogP) is 5.75. The van der Waals surface area contributed by atoms with Gasteiger partial charge in [-0.1, -0.05) is 29.8 Å². The molecule has 3 N–H and O–H groups in total. The zero-order valence-electron chi connectivity index (χ0n) is 20.8. The quantitative estimate of drug-likeness (QED) is 0.361. The van der Waals surface area contributed by atoms with Crippen molar-refractivity contribution in [1.29, 1.82) is 0 Å². The lowest BCUT2D eigenvalue weighted by atomic mass is 9.91. The van der Waals surface area contributed by atoms with Gasteiger partial charge in [0.1, 0.15) is 5.65 Å². The van der Waals surface area contributed by atoms with Gasteiger partial charge in [0.2, 0.25) is 5.95 Å². The second-order valence-corrected chi connectivity index (χ2v) is 10.3. The first-order valence-corrected chi connectivity index (χ1v) is 12.9. The molecular weight excluding hydrogens is 472 g/mol. The van der Waals surface area contributed by atoms with Crippen molar-refractivity contribution in [2.24, 2.45) is 5.73 Å². The standard InChI is InChI=1S/C28H31ClN6O/c1-16(2)32-28-31-15-19-13-23(27(36)35(26(19)34-28)21-10-8-20(30)9-11-21)22-12-7-18(14-24(22)29)25-6-4-5-17(3)33-25/h4-7,12-16,20-21H,8-11,30H2,1-3H3,(H,31,32,34). The van der Waals surface area contributed by atoms with Crippen LogP contribution in [0.1, 0.15) is 51.3 Å². The molecule has 0 radical (unpaired) electrons. The Morgan fingerprint density at radius 3 is 2.53 bits per heavy atom. The summed E-state index contributed by atoms with van der Waals surface area (Å²) in [5.41, 5.74) is 10.6. The minimum atomic E-state index is -0.0968. The van der Waals surface area contributed by atoms with Crippen LogP contribution < -0.4 is 16.6 Å². The fourth-order valence-corrected chi connectivity index (χ4v) is 5.22. The smallest absolute Gasteiger partial charge is 0.260 e. The molecule has 0 atom stereocenters. The van der Waals surface area contributed by atoms with Crippen LogP contribution in [0.5, 0.6) is 0 Å². The summed E-state index contributed by atoms with van der Waals surface area (Å²) in [5, 5.41) is 4.55. The predicted molar refractivity (Wildman–Crippen MR) is 146 cm³/mol. The second kappa shape index (κ2) is 9.99. The van der Waals surface area contributed by atoms with Crippen molar-refractivity contribution >= 4 is 28.6 Å². The Kier molecular flexibility index (Phi) is 6.77. The number of hydrogen-bond donors (Lipinski definition) is 2. The Balaban J connectivity index is 1.66. The number of benzene rings is 1. The molecule has 0 aliphatic heterocycles. The highest BCUT2D eigenvalue weighted by Gasteiger charge is 2.25. The van der Waals surface area contributed by atoms with E-state index in [0.717, 1.165) is 48.0 Å². The van der Waals surface area contributed by atoms with Gasteiger partial charge in [-0.25, -0.2) is 4.98 Å². The molecule has 1 aliphatic rings. The number of halogens is 1. The highest BCUT2D eigenvalue weighted by molar-refractivity contribution is 6.33. The molecule has 0 bridgehead atoms. The molecule has 1 saturated carbocycles. The fraction of sp³-hybridized carbons (Fsp3) is 0.357. The van der Waals surface area contributed by atoms with Gasteiger partial charge >= 0.3 is 0 Å². The van der Waals surface area contributed by atoms with E-state index in [1.54, 1.807) is 6.20 Å². The van der Waals surface area contributed by atoms with Crippen LogP contribution in [0.2, 0.25) is 5.02 Å². The van der Waals surface area contributed by atoms with Gasteiger partial charge in [0.15, 0.2) is 0 Å². The molecule has 1 fully saturated rings. The second-order valence-electron chi connectivity index (χ2n) is 9.93. The van der Waals surface area contributed by atoms with Crippen molar-refractivity contribution in [1.82, 2.24) is 19.5 Å². The number of nitrogens with two attached hydrogens (primary N) is 1. The lowest BCUT2D eigenvalue weighted by Crippen LogP contribution is -2.33. The van der Waals surface area contributed by atoms with Crippen LogP contribution in [-0.2, 0) is 0 Å². The fourth-order valence-electron chi connectivity index (χ4n) is 4.94. The third-order valence-electron chi connectivity index (χ3n) is 6.74. The summed E-state index contributed by atoms with van der Waals surface area (Å²) in [4.78, 5) is 27.9. The summed E-state index contributed by atoms with van der Waals surface area (Å²) >= 11 is 6.78. The molecular formula is C28H31ClN6O. The minimum Gasteiger partial charge on any atom is -0.352 e. The minimum absolute atomic E-state index is 0.0242. The van der Waals surface area contributed by atoms with Crippen molar-refractivity contribution < 1.29 is 0 Å². The average Bonchev–Trinajstić information content (AvgIpc) is 2.84. The molecule has 5 rings (SSSR count). The Morgan fingerprint density at radius 1 is 1.06 bits per heavy atom. The number of hydrogen-bond acceptors (Lipinski definition) is 6. The summed E-state index contributed by atoms with van der Waals surface area (Å²) in [6.07, 6.45) is 5.21. The van der Waals surface area contributed by atoms with Gasteiger partial charge in [-0.3, -0.25) is 14.3 Å². The number of rotatable bonds is 5. The van der Waals surface area contributed by atoms with E-state index in [1.807, 2.05) is 67.8 Å². The molecule has 3 heterocycles. The Bertz CT molecular complexity index is 1470. The van der Waals surface area contributed by atoms with Gasteiger partial charge in [0, 0.05) is 57.1 Å². The van der Waals surface area contributed by atoms with Crippen molar-refractivity contribution in [3.8, 4) is 22.4 Å². The van der Waals surface area contributed by atoms with Crippen LogP contribution in [0.3, 0.4) is 0 Å². The van der Waals surface area contributed by atoms with Gasteiger partial charge in [0.05, 0.1) is 5.69 Å². The number of aryl methyl sites for hydroxylation is 1. The molecule has 0 unspecified atom stereocenters. The number of nitrogens with one attached hydrogen (secondary N) is 1. The third kappa shape index (κ3) is 4.86. The molecule has 8 heteroatoms. The first kappa shape index (κ1) is 24.4. The topological polar surface area (TPSA) is 98.7 Å². The molecule has 4 aromatic rings. The van der Waals surface area contributed by atoms with E-state index >= 15 is 0 Å². The molecule has 1 aliphatic carbocycles. The maximum absolute atomic E-state index is 14.0. The van der Waals surface area contributed by atoms with Gasteiger partial charge in [-0.2, -0.15) is 4.98 Å². The molecule has 3 aromatic heterocycles. The number of aromatic nitrogens is 4. The SMILES string of the molecule is Cc1cccc(-c2ccc(-c3cc4cnc(NC(C)C)nc4n(C4CCC(N)CC4)c3=O)c(Cl)c2)n1. The van der Waals surface area contributed by atoms with Crippen molar-refractivity contribution in [3.05, 3.63) is 69.7 Å². The summed E-state index contributed by atoms with van der Waals surface area (Å²) in [6, 6.07) is 13.9. The van der Waals surface area contributed by atoms with Gasteiger partial charge in [0.25, 0.3) is 5.56 Å². The van der Waals surface area contributed by atoms with Crippen LogP contribution in [0.4, 0.5) is 5.95 Å². The van der Waals surface area contributed by atoms with E-state index in [1.165, 1.54) is 0 Å². The van der Waals surface area contributed by atoms with Crippen molar-refractivity contribution in [2.75, 3.05) is 5.32 Å². The van der Waals surface area contributed by atoms with Crippen LogP contribution in [0.25, 0.3) is 33.4 Å². The molecule has 7 nitrogen and oxygen atoms in total. The summed E-state index contributed by atoms with van der Waals surface area (Å²) < 4.78 is 1.84. The Morgan fingerprint density at radius 2 is 1.83 bits per heavy atom. The lowest BCUT2D eigenvalue weighted by Gasteiger charge is -2.29. The number of nitrogens with zero attached hydrogens (tertiary/aromatic N) is 4. The Labute approximate surface area is 215 Å². The zero-order chi connectivity index (χ0) is 25.4. The average molecular weight is 503 g/mol. The molecule has 186 valence electrons. The third-order valence-corrected chi connectivity index (χ3v) is 7.05. The van der Waals surface area contributed by atoms with Crippen molar-refractivity contribution in [2.45, 2.75) is 64.6 Å². The monoisotopic (exact) mass is 502 g/mol. The molecule has 36 heavy (non-hydrogen) atoms. The van der Waals surface area contributed by atoms with Gasteiger partial charge in [-0.05, 0) is 70.7 Å². The summed E-state index contributed by atoms with van der Waals surface area (Å²) in [6.45, 7) is 6.02. The van der Waals surface area contributed by atoms with E-state index in [4.69, 9.17) is 22.3 Å². The summed E-state index contributed by atoms with van der Waals surface area (Å²) in [5.74, 6) is 0.513. The number of anilines is 1. The van der Waals surface area contributed by atoms with E-state index in [-0.39, 0.29) is 23.7 Å². The first-order valence-electron chi connectivity index (χ1n) is 12.5. The Hall–Kier alpha value is -3.29. The van der Waals surface area contributed by atoms with Crippen LogP contribution in [-0.4, -0.2) is 31.6 Å². The van der Waals surface area contributed by atoms with Gasteiger partial charge in [-0.15, -0.1) is 0 Å². The molecule has 0 spiro atoms. The van der Waals surface area contributed by atoms with E-state index in [0.29, 0.717) is 27.7 Å². The molecule has 0 amide bonds. The maximum Gasteiger partial charge on any atom is 0.260 e. The highest BCUT2D eigenvalue weighted by atomic mass is 35.5. The maximum atomic E-state index is 14.0. The number of pyridine rings is 2. The van der Waals surface area contributed by atoms with Crippen LogP contribution >= 0.6 is 11.6 Å². The largest absolute Gasteiger partial charge is 0.352 e. The highest BCUT2D eigenvalue weighted by Crippen LogP contribution is 2.34. The summed E-state index contributed by atoms with van der Waals surface area (Å²) in [7, 11) is 0. The van der Waals surface area contributed by atoms with E-state index in [9.17, 15) is 4.79 Å². The van der Waals surface area contributed by atoms with E-state index < -0.39 is 0 Å². The lowest BCUT2D eigenvalue weighted by molar-refractivity contribution is 0.323. The number of fused-ring (bicyclic) bond motifs is 1. The van der Waals surface area contributed by atoms with Crippen LogP contribution in [0.15, 0.2) is 53.5 Å². The normalized spacial score (nSPS) is 18.1. The van der Waals surface area contributed by atoms with Crippen molar-refractivity contribution in [3.63, 3.8) is 0 Å². The molecule has 1 aromatic carbocycles. The van der Waals surface area contributed by atoms with Crippen LogP contribution in [0, 0.1) is 6.92 Å². The van der Waals surface area contributed by atoms with E-state index in [2.05, 4.69) is 15.3 Å². The van der Waals surface area contributed by atoms with Gasteiger partial charge < -0.3 is 11.1 Å². The zero-order valence-corrected chi connectivity index (χ0v) is 21.6.